The first-order valence-electron chi connectivity index (χ1n) is 5.96. The maximum Gasteiger partial charge on any atom is 0.415 e. The largest absolute Gasteiger partial charge is 0.415 e. The fourth-order valence-electron chi connectivity index (χ4n) is 2.28. The lowest BCUT2D eigenvalue weighted by molar-refractivity contribution is -0.202. The monoisotopic (exact) mass is 255 g/mol. The third kappa shape index (κ3) is 4.44. The van der Waals surface area contributed by atoms with Gasteiger partial charge in [0.15, 0.2) is 6.10 Å². The molecule has 1 saturated carbocycles. The maximum atomic E-state index is 12.1. The molecule has 3 nitrogen and oxygen atoms in total. The average Bonchev–Trinajstić information content (AvgIpc) is 2.29. The highest BCUT2D eigenvalue weighted by Gasteiger charge is 2.38. The summed E-state index contributed by atoms with van der Waals surface area (Å²) in [6.45, 7) is -0.190. The number of alkyl halides is 3. The van der Waals surface area contributed by atoms with Gasteiger partial charge in [0, 0.05) is 25.1 Å². The summed E-state index contributed by atoms with van der Waals surface area (Å²) in [7, 11) is 0. The van der Waals surface area contributed by atoms with Gasteiger partial charge in [-0.1, -0.05) is 19.3 Å². The molecule has 1 rings (SSSR count). The Hall–Kier alpha value is -0.330. The highest BCUT2D eigenvalue weighted by Crippen LogP contribution is 2.35. The van der Waals surface area contributed by atoms with Gasteiger partial charge in [-0.3, -0.25) is 0 Å². The van der Waals surface area contributed by atoms with E-state index in [-0.39, 0.29) is 12.0 Å². The quantitative estimate of drug-likeness (QED) is 0.697. The molecule has 17 heavy (non-hydrogen) atoms. The molecule has 0 bridgehead atoms. The van der Waals surface area contributed by atoms with Crippen LogP contribution in [0.4, 0.5) is 13.2 Å². The van der Waals surface area contributed by atoms with Crippen LogP contribution < -0.4 is 5.32 Å². The van der Waals surface area contributed by atoms with Crippen molar-refractivity contribution in [1.29, 1.82) is 0 Å². The van der Waals surface area contributed by atoms with Crippen LogP contribution >= 0.6 is 0 Å². The molecule has 0 heterocycles. The molecule has 0 aromatic rings. The number of halogens is 3. The van der Waals surface area contributed by atoms with E-state index in [4.69, 9.17) is 5.11 Å². The van der Waals surface area contributed by atoms with E-state index in [1.165, 1.54) is 0 Å². The van der Waals surface area contributed by atoms with Crippen LogP contribution in [0.2, 0.25) is 0 Å². The predicted octanol–water partition coefficient (Wildman–Crippen LogP) is 1.44. The smallest absolute Gasteiger partial charge is 0.396 e. The summed E-state index contributed by atoms with van der Waals surface area (Å²) >= 11 is 0. The summed E-state index contributed by atoms with van der Waals surface area (Å²) in [5.41, 5.74) is -0.302. The third-order valence-corrected chi connectivity index (χ3v) is 3.47. The van der Waals surface area contributed by atoms with Crippen molar-refractivity contribution in [2.24, 2.45) is 5.41 Å². The van der Waals surface area contributed by atoms with Gasteiger partial charge in [-0.15, -0.1) is 0 Å². The van der Waals surface area contributed by atoms with Gasteiger partial charge in [-0.2, -0.15) is 13.2 Å². The molecule has 1 fully saturated rings. The molecule has 1 aliphatic rings. The van der Waals surface area contributed by atoms with Gasteiger partial charge in [-0.05, 0) is 12.8 Å². The summed E-state index contributed by atoms with van der Waals surface area (Å²) in [6, 6.07) is 0. The SMILES string of the molecule is OCC1(CNCC(O)C(F)(F)F)CCCCC1. The summed E-state index contributed by atoms with van der Waals surface area (Å²) < 4.78 is 36.2. The van der Waals surface area contributed by atoms with Crippen molar-refractivity contribution in [3.63, 3.8) is 0 Å². The molecule has 0 aromatic heterocycles. The van der Waals surface area contributed by atoms with Gasteiger partial charge < -0.3 is 15.5 Å². The first kappa shape index (κ1) is 14.7. The fourth-order valence-corrected chi connectivity index (χ4v) is 2.28. The molecule has 1 aliphatic carbocycles. The van der Waals surface area contributed by atoms with Crippen molar-refractivity contribution < 1.29 is 23.4 Å². The van der Waals surface area contributed by atoms with E-state index in [9.17, 15) is 18.3 Å². The topological polar surface area (TPSA) is 52.5 Å². The molecule has 0 aromatic carbocycles. The first-order valence-corrected chi connectivity index (χ1v) is 5.96. The molecule has 6 heteroatoms. The van der Waals surface area contributed by atoms with Gasteiger partial charge in [0.05, 0.1) is 0 Å². The molecule has 0 saturated heterocycles. The zero-order valence-electron chi connectivity index (χ0n) is 9.76. The summed E-state index contributed by atoms with van der Waals surface area (Å²) in [5, 5.41) is 20.8. The van der Waals surface area contributed by atoms with Crippen molar-refractivity contribution in [3.05, 3.63) is 0 Å². The Morgan fingerprint density at radius 2 is 1.76 bits per heavy atom. The molecular weight excluding hydrogens is 235 g/mol. The van der Waals surface area contributed by atoms with Crippen molar-refractivity contribution in [1.82, 2.24) is 5.32 Å². The van der Waals surface area contributed by atoms with Crippen molar-refractivity contribution in [2.45, 2.75) is 44.4 Å². The van der Waals surface area contributed by atoms with Gasteiger partial charge >= 0.3 is 6.18 Å². The van der Waals surface area contributed by atoms with Crippen LogP contribution in [0, 0.1) is 5.41 Å². The average molecular weight is 255 g/mol. The summed E-state index contributed by atoms with van der Waals surface area (Å²) in [6.07, 6.45) is -2.12. The minimum absolute atomic E-state index is 0.0118. The fraction of sp³-hybridized carbons (Fsp3) is 1.00. The van der Waals surface area contributed by atoms with Gasteiger partial charge in [0.1, 0.15) is 0 Å². The molecule has 1 unspecified atom stereocenters. The van der Waals surface area contributed by atoms with Crippen LogP contribution in [0.3, 0.4) is 0 Å². The summed E-state index contributed by atoms with van der Waals surface area (Å²) in [4.78, 5) is 0. The molecule has 0 spiro atoms. The van der Waals surface area contributed by atoms with Crippen molar-refractivity contribution in [2.75, 3.05) is 19.7 Å². The minimum Gasteiger partial charge on any atom is -0.396 e. The van der Waals surface area contributed by atoms with E-state index in [2.05, 4.69) is 5.32 Å². The number of rotatable bonds is 5. The second-order valence-electron chi connectivity index (χ2n) is 4.91. The van der Waals surface area contributed by atoms with Gasteiger partial charge in [0.2, 0.25) is 0 Å². The molecule has 3 N–H and O–H groups in total. The second kappa shape index (κ2) is 6.02. The molecule has 102 valence electrons. The molecular formula is C11H20F3NO2. The summed E-state index contributed by atoms with van der Waals surface area (Å²) in [5.74, 6) is 0. The van der Waals surface area contributed by atoms with E-state index in [0.717, 1.165) is 32.1 Å². The van der Waals surface area contributed by atoms with E-state index in [1.54, 1.807) is 0 Å². The first-order chi connectivity index (χ1) is 7.90. The number of aliphatic hydroxyl groups excluding tert-OH is 2. The Kier molecular flexibility index (Phi) is 5.22. The Bertz CT molecular complexity index is 227. The van der Waals surface area contributed by atoms with Crippen LogP contribution in [0.1, 0.15) is 32.1 Å². The van der Waals surface area contributed by atoms with Crippen molar-refractivity contribution >= 4 is 0 Å². The third-order valence-electron chi connectivity index (χ3n) is 3.47. The van der Waals surface area contributed by atoms with Crippen LogP contribution in [-0.2, 0) is 0 Å². The molecule has 0 aliphatic heterocycles. The van der Waals surface area contributed by atoms with Crippen LogP contribution in [0.5, 0.6) is 0 Å². The van der Waals surface area contributed by atoms with Crippen LogP contribution in [0.25, 0.3) is 0 Å². The lowest BCUT2D eigenvalue weighted by Crippen LogP contribution is -2.44. The predicted molar refractivity (Wildman–Crippen MR) is 57.5 cm³/mol. The van der Waals surface area contributed by atoms with E-state index >= 15 is 0 Å². The number of hydrogen-bond acceptors (Lipinski definition) is 3. The standard InChI is InChI=1S/C11H20F3NO2/c12-11(13,14)9(17)6-15-7-10(8-16)4-2-1-3-5-10/h9,15-17H,1-8H2. The zero-order valence-corrected chi connectivity index (χ0v) is 9.76. The lowest BCUT2D eigenvalue weighted by atomic mass is 9.74. The molecule has 1 atom stereocenters. The van der Waals surface area contributed by atoms with Gasteiger partial charge in [-0.25, -0.2) is 0 Å². The lowest BCUT2D eigenvalue weighted by Gasteiger charge is -2.36. The number of hydrogen-bond donors (Lipinski definition) is 3. The Morgan fingerprint density at radius 3 is 2.24 bits per heavy atom. The highest BCUT2D eigenvalue weighted by molar-refractivity contribution is 4.85. The second-order valence-corrected chi connectivity index (χ2v) is 4.91. The van der Waals surface area contributed by atoms with Gasteiger partial charge in [0.25, 0.3) is 0 Å². The highest BCUT2D eigenvalue weighted by atomic mass is 19.4. The van der Waals surface area contributed by atoms with Crippen molar-refractivity contribution in [3.8, 4) is 0 Å². The van der Waals surface area contributed by atoms with Crippen LogP contribution in [0.15, 0.2) is 0 Å². The Balaban J connectivity index is 2.33. The van der Waals surface area contributed by atoms with E-state index < -0.39 is 18.8 Å². The molecule has 0 amide bonds. The number of nitrogens with one attached hydrogen (secondary N) is 1. The number of aliphatic hydroxyl groups is 2. The maximum absolute atomic E-state index is 12.1. The normalized spacial score (nSPS) is 22.4. The van der Waals surface area contributed by atoms with E-state index in [0.29, 0.717) is 6.54 Å². The Labute approximate surface area is 99.0 Å². The molecule has 0 radical (unpaired) electrons. The zero-order chi connectivity index (χ0) is 12.9. The van der Waals surface area contributed by atoms with E-state index in [1.807, 2.05) is 0 Å². The van der Waals surface area contributed by atoms with Crippen LogP contribution in [-0.4, -0.2) is 42.2 Å². The minimum atomic E-state index is -4.58. The Morgan fingerprint density at radius 1 is 1.18 bits per heavy atom.